The fraction of sp³-hybridized carbons (Fsp3) is 0.300. The van der Waals surface area contributed by atoms with E-state index in [9.17, 15) is 4.79 Å². The first kappa shape index (κ1) is 12.7. The quantitative estimate of drug-likeness (QED) is 0.813. The molecule has 0 fully saturated rings. The molecule has 1 aromatic carbocycles. The highest BCUT2D eigenvalue weighted by atomic mass is 79.9. The molecule has 0 radical (unpaired) electrons. The van der Waals surface area contributed by atoms with Crippen LogP contribution in [0.15, 0.2) is 27.1 Å². The number of benzene rings is 1. The maximum absolute atomic E-state index is 10.3. The monoisotopic (exact) mass is 335 g/mol. The van der Waals surface area contributed by atoms with Crippen molar-refractivity contribution in [2.75, 3.05) is 6.54 Å². The van der Waals surface area contributed by atoms with Crippen molar-refractivity contribution in [2.45, 2.75) is 13.0 Å². The Morgan fingerprint density at radius 1 is 1.27 bits per heavy atom. The van der Waals surface area contributed by atoms with Gasteiger partial charge in [-0.3, -0.25) is 4.79 Å². The van der Waals surface area contributed by atoms with Crippen LogP contribution in [-0.2, 0) is 11.3 Å². The summed E-state index contributed by atoms with van der Waals surface area (Å²) in [6.07, 6.45) is 0.148. The Bertz CT molecular complexity index is 335. The second-order valence-electron chi connectivity index (χ2n) is 3.10. The molecule has 0 amide bonds. The van der Waals surface area contributed by atoms with E-state index in [2.05, 4.69) is 37.2 Å². The zero-order chi connectivity index (χ0) is 11.3. The third-order valence-electron chi connectivity index (χ3n) is 1.77. The number of rotatable bonds is 5. The van der Waals surface area contributed by atoms with Crippen LogP contribution in [-0.4, -0.2) is 17.6 Å². The first-order valence-electron chi connectivity index (χ1n) is 4.45. The van der Waals surface area contributed by atoms with E-state index in [0.717, 1.165) is 14.5 Å². The van der Waals surface area contributed by atoms with Gasteiger partial charge in [0.15, 0.2) is 0 Å². The van der Waals surface area contributed by atoms with Gasteiger partial charge in [0.05, 0.1) is 6.42 Å². The molecule has 3 nitrogen and oxygen atoms in total. The van der Waals surface area contributed by atoms with Gasteiger partial charge in [0.2, 0.25) is 0 Å². The fourth-order valence-electron chi connectivity index (χ4n) is 1.14. The number of carboxylic acid groups (broad SMARTS) is 1. The van der Waals surface area contributed by atoms with Crippen molar-refractivity contribution in [3.8, 4) is 0 Å². The normalized spacial score (nSPS) is 10.3. The third kappa shape index (κ3) is 5.30. The highest BCUT2D eigenvalue weighted by Gasteiger charge is 1.99. The SMILES string of the molecule is O=C(O)CCNCc1cc(Br)cc(Br)c1. The maximum atomic E-state index is 10.3. The van der Waals surface area contributed by atoms with Gasteiger partial charge in [0.1, 0.15) is 0 Å². The minimum Gasteiger partial charge on any atom is -0.481 e. The highest BCUT2D eigenvalue weighted by molar-refractivity contribution is 9.11. The summed E-state index contributed by atoms with van der Waals surface area (Å²) >= 11 is 6.79. The molecular formula is C10H11Br2NO2. The van der Waals surface area contributed by atoms with Gasteiger partial charge in [-0.05, 0) is 23.8 Å². The minimum absolute atomic E-state index is 0.148. The van der Waals surface area contributed by atoms with Crippen LogP contribution in [0.3, 0.4) is 0 Å². The van der Waals surface area contributed by atoms with E-state index in [0.29, 0.717) is 13.1 Å². The number of hydrogen-bond donors (Lipinski definition) is 2. The summed E-state index contributed by atoms with van der Waals surface area (Å²) in [5.41, 5.74) is 1.11. The number of carbonyl (C=O) groups is 1. The molecule has 0 saturated heterocycles. The Hall–Kier alpha value is -0.390. The summed E-state index contributed by atoms with van der Waals surface area (Å²) in [4.78, 5) is 10.3. The predicted octanol–water partition coefficient (Wildman–Crippen LogP) is 2.78. The van der Waals surface area contributed by atoms with Crippen molar-refractivity contribution in [2.24, 2.45) is 0 Å². The summed E-state index contributed by atoms with van der Waals surface area (Å²) in [6, 6.07) is 5.96. The molecule has 0 unspecified atom stereocenters. The van der Waals surface area contributed by atoms with Crippen LogP contribution in [0.5, 0.6) is 0 Å². The largest absolute Gasteiger partial charge is 0.481 e. The van der Waals surface area contributed by atoms with Crippen molar-refractivity contribution in [1.82, 2.24) is 5.32 Å². The van der Waals surface area contributed by atoms with E-state index in [1.54, 1.807) is 0 Å². The molecular weight excluding hydrogens is 326 g/mol. The Balaban J connectivity index is 2.40. The van der Waals surface area contributed by atoms with Crippen LogP contribution in [0.25, 0.3) is 0 Å². The van der Waals surface area contributed by atoms with E-state index in [1.807, 2.05) is 18.2 Å². The van der Waals surface area contributed by atoms with Gasteiger partial charge in [-0.15, -0.1) is 0 Å². The lowest BCUT2D eigenvalue weighted by atomic mass is 10.2. The average molecular weight is 337 g/mol. The number of halogens is 2. The summed E-state index contributed by atoms with van der Waals surface area (Å²) in [5, 5.41) is 11.5. The number of nitrogens with one attached hydrogen (secondary N) is 1. The van der Waals surface area contributed by atoms with Crippen LogP contribution in [0.1, 0.15) is 12.0 Å². The van der Waals surface area contributed by atoms with E-state index < -0.39 is 5.97 Å². The molecule has 1 rings (SSSR count). The smallest absolute Gasteiger partial charge is 0.304 e. The first-order valence-corrected chi connectivity index (χ1v) is 6.04. The first-order chi connectivity index (χ1) is 7.08. The Morgan fingerprint density at radius 2 is 1.87 bits per heavy atom. The summed E-state index contributed by atoms with van der Waals surface area (Å²) in [7, 11) is 0. The Morgan fingerprint density at radius 3 is 2.40 bits per heavy atom. The summed E-state index contributed by atoms with van der Waals surface area (Å²) in [6.45, 7) is 1.16. The molecule has 0 aromatic heterocycles. The minimum atomic E-state index is -0.780. The molecule has 0 aliphatic heterocycles. The van der Waals surface area contributed by atoms with Gasteiger partial charge in [0.25, 0.3) is 0 Å². The van der Waals surface area contributed by atoms with E-state index in [1.165, 1.54) is 0 Å². The molecule has 15 heavy (non-hydrogen) atoms. The zero-order valence-corrected chi connectivity index (χ0v) is 11.1. The third-order valence-corrected chi connectivity index (χ3v) is 2.68. The van der Waals surface area contributed by atoms with E-state index >= 15 is 0 Å². The number of carboxylic acids is 1. The predicted molar refractivity (Wildman–Crippen MR) is 65.8 cm³/mol. The van der Waals surface area contributed by atoms with Crippen molar-refractivity contribution < 1.29 is 9.90 Å². The van der Waals surface area contributed by atoms with Crippen LogP contribution >= 0.6 is 31.9 Å². The van der Waals surface area contributed by atoms with Gasteiger partial charge < -0.3 is 10.4 Å². The van der Waals surface area contributed by atoms with Gasteiger partial charge in [0, 0.05) is 22.0 Å². The van der Waals surface area contributed by atoms with Crippen LogP contribution in [0, 0.1) is 0 Å². The van der Waals surface area contributed by atoms with E-state index in [-0.39, 0.29) is 6.42 Å². The summed E-state index contributed by atoms with van der Waals surface area (Å²) in [5.74, 6) is -0.780. The van der Waals surface area contributed by atoms with Gasteiger partial charge in [-0.25, -0.2) is 0 Å². The van der Waals surface area contributed by atoms with Gasteiger partial charge in [-0.1, -0.05) is 31.9 Å². The lowest BCUT2D eigenvalue weighted by Crippen LogP contribution is -2.17. The fourth-order valence-corrected chi connectivity index (χ4v) is 2.53. The molecule has 0 bridgehead atoms. The topological polar surface area (TPSA) is 49.3 Å². The van der Waals surface area contributed by atoms with Gasteiger partial charge in [-0.2, -0.15) is 0 Å². The van der Waals surface area contributed by atoms with Crippen LogP contribution in [0.2, 0.25) is 0 Å². The Kier molecular flexibility index (Phi) is 5.28. The zero-order valence-electron chi connectivity index (χ0n) is 7.96. The van der Waals surface area contributed by atoms with Crippen LogP contribution < -0.4 is 5.32 Å². The molecule has 0 atom stereocenters. The maximum Gasteiger partial charge on any atom is 0.304 e. The Labute approximate surface area is 105 Å². The standard InChI is InChI=1S/C10H11Br2NO2/c11-8-3-7(4-9(12)5-8)6-13-2-1-10(14)15/h3-5,13H,1-2,6H2,(H,14,15). The number of aliphatic carboxylic acids is 1. The molecule has 0 heterocycles. The molecule has 0 aliphatic rings. The molecule has 1 aromatic rings. The lowest BCUT2D eigenvalue weighted by Gasteiger charge is -2.04. The van der Waals surface area contributed by atoms with Gasteiger partial charge >= 0.3 is 5.97 Å². The average Bonchev–Trinajstić information content (AvgIpc) is 2.10. The summed E-state index contributed by atoms with van der Waals surface area (Å²) < 4.78 is 2.01. The van der Waals surface area contributed by atoms with Crippen molar-refractivity contribution in [1.29, 1.82) is 0 Å². The van der Waals surface area contributed by atoms with E-state index in [4.69, 9.17) is 5.11 Å². The number of hydrogen-bond acceptors (Lipinski definition) is 2. The highest BCUT2D eigenvalue weighted by Crippen LogP contribution is 2.19. The molecule has 82 valence electrons. The molecule has 2 N–H and O–H groups in total. The lowest BCUT2D eigenvalue weighted by molar-refractivity contribution is -0.136. The van der Waals surface area contributed by atoms with Crippen LogP contribution in [0.4, 0.5) is 0 Å². The second-order valence-corrected chi connectivity index (χ2v) is 4.93. The molecule has 0 aliphatic carbocycles. The van der Waals surface area contributed by atoms with Crippen molar-refractivity contribution >= 4 is 37.8 Å². The molecule has 0 saturated carbocycles. The molecule has 0 spiro atoms. The van der Waals surface area contributed by atoms with Crippen molar-refractivity contribution in [3.05, 3.63) is 32.7 Å². The molecule has 5 heteroatoms. The van der Waals surface area contributed by atoms with Crippen molar-refractivity contribution in [3.63, 3.8) is 0 Å². The second kappa shape index (κ2) is 6.25.